The van der Waals surface area contributed by atoms with Crippen LogP contribution in [0.3, 0.4) is 0 Å². The first kappa shape index (κ1) is 21.6. The maximum Gasteiger partial charge on any atom is 0.147 e. The smallest absolute Gasteiger partial charge is 0.147 e. The monoisotopic (exact) mass is 568 g/mol. The summed E-state index contributed by atoms with van der Waals surface area (Å²) in [7, 11) is -2.31. The van der Waals surface area contributed by atoms with Crippen LogP contribution in [0.25, 0.3) is 28.2 Å². The van der Waals surface area contributed by atoms with Crippen LogP contribution < -0.4 is 0 Å². The summed E-state index contributed by atoms with van der Waals surface area (Å²) in [6.07, 6.45) is 5.55. The Morgan fingerprint density at radius 3 is 2.33 bits per heavy atom. The fourth-order valence-corrected chi connectivity index (χ4v) is 5.04. The topological polar surface area (TPSA) is 34.9 Å². The second-order valence-electron chi connectivity index (χ2n) is 7.31. The van der Waals surface area contributed by atoms with Crippen LogP contribution in [0.5, 0.6) is 0 Å². The molecule has 0 N–H and O–H groups in total. The Morgan fingerprint density at radius 2 is 1.63 bits per heavy atom. The normalized spacial score (nSPS) is 12.2. The second-order valence-corrected chi connectivity index (χ2v) is 12.4. The molecule has 0 aliphatic rings. The molecular formula is C23H19Cl2IN2OS. The number of hydrogen-bond acceptors (Lipinski definition) is 2. The van der Waals surface area contributed by atoms with Crippen LogP contribution >= 0.6 is 45.8 Å². The Hall–Kier alpha value is -1.67. The van der Waals surface area contributed by atoms with Crippen LogP contribution in [0.4, 0.5) is 0 Å². The number of rotatable bonds is 4. The minimum atomic E-state index is -2.31. The first-order valence-corrected chi connectivity index (χ1v) is 13.6. The number of hydrogen-bond donors (Lipinski definition) is 1. The van der Waals surface area contributed by atoms with E-state index in [-0.39, 0.29) is 0 Å². The van der Waals surface area contributed by atoms with Gasteiger partial charge in [-0.15, -0.1) is 0 Å². The van der Waals surface area contributed by atoms with Gasteiger partial charge in [-0.1, -0.05) is 63.5 Å². The Balaban J connectivity index is 1.75. The van der Waals surface area contributed by atoms with Crippen molar-refractivity contribution in [2.45, 2.75) is 4.90 Å². The summed E-state index contributed by atoms with van der Waals surface area (Å²) >= 11 is 14.8. The highest BCUT2D eigenvalue weighted by atomic mass is 127. The van der Waals surface area contributed by atoms with Gasteiger partial charge in [0.2, 0.25) is 0 Å². The van der Waals surface area contributed by atoms with Crippen molar-refractivity contribution < 1.29 is 4.21 Å². The van der Waals surface area contributed by atoms with Crippen molar-refractivity contribution in [3.63, 3.8) is 0 Å². The van der Waals surface area contributed by atoms with Crippen molar-refractivity contribution in [2.24, 2.45) is 0 Å². The molecule has 4 rings (SSSR count). The van der Waals surface area contributed by atoms with E-state index in [4.69, 9.17) is 23.2 Å². The Morgan fingerprint density at radius 1 is 0.933 bits per heavy atom. The van der Waals surface area contributed by atoms with E-state index in [0.29, 0.717) is 10.0 Å². The van der Waals surface area contributed by atoms with Gasteiger partial charge in [-0.3, -0.25) is 8.78 Å². The fourth-order valence-electron chi connectivity index (χ4n) is 3.25. The van der Waals surface area contributed by atoms with Gasteiger partial charge in [-0.05, 0) is 82.6 Å². The predicted octanol–water partition coefficient (Wildman–Crippen LogP) is 6.75. The van der Waals surface area contributed by atoms with E-state index in [1.54, 1.807) is 18.6 Å². The molecule has 0 aliphatic carbocycles. The van der Waals surface area contributed by atoms with E-state index >= 15 is 0 Å². The van der Waals surface area contributed by atoms with Crippen molar-refractivity contribution in [1.29, 1.82) is 0 Å². The highest BCUT2D eigenvalue weighted by Gasteiger charge is 2.15. The van der Waals surface area contributed by atoms with Crippen molar-refractivity contribution >= 4 is 55.7 Å². The van der Waals surface area contributed by atoms with Crippen LogP contribution in [0.15, 0.2) is 77.8 Å². The molecule has 30 heavy (non-hydrogen) atoms. The molecule has 0 unspecified atom stereocenters. The van der Waals surface area contributed by atoms with Gasteiger partial charge in [0.05, 0.1) is 10.0 Å². The molecule has 0 saturated heterocycles. The lowest BCUT2D eigenvalue weighted by Gasteiger charge is -2.14. The van der Waals surface area contributed by atoms with Gasteiger partial charge in [0.25, 0.3) is 0 Å². The molecule has 1 heterocycles. The number of halogens is 3. The van der Waals surface area contributed by atoms with E-state index in [1.165, 1.54) is 0 Å². The Kier molecular flexibility index (Phi) is 6.08. The first-order chi connectivity index (χ1) is 14.2. The molecule has 4 aromatic rings. The third kappa shape index (κ3) is 4.35. The summed E-state index contributed by atoms with van der Waals surface area (Å²) in [4.78, 5) is 5.53. The summed E-state index contributed by atoms with van der Waals surface area (Å²) < 4.78 is 15.3. The number of thiol groups is 1. The van der Waals surface area contributed by atoms with Gasteiger partial charge in [0.1, 0.15) is 9.53 Å². The molecular weight excluding hydrogens is 550 g/mol. The molecule has 0 aliphatic heterocycles. The molecule has 0 saturated carbocycles. The molecule has 0 bridgehead atoms. The molecule has 0 atom stereocenters. The molecule has 0 radical (unpaired) electrons. The van der Waals surface area contributed by atoms with E-state index in [9.17, 15) is 4.21 Å². The Bertz CT molecular complexity index is 1280. The minimum Gasteiger partial charge on any atom is -0.299 e. The second kappa shape index (κ2) is 8.46. The molecule has 7 heteroatoms. The van der Waals surface area contributed by atoms with Gasteiger partial charge >= 0.3 is 0 Å². The molecule has 1 aromatic heterocycles. The zero-order valence-corrected chi connectivity index (χ0v) is 20.9. The number of aromatic nitrogens is 2. The molecule has 3 nitrogen and oxygen atoms in total. The van der Waals surface area contributed by atoms with Crippen molar-refractivity contribution in [2.75, 3.05) is 12.5 Å². The van der Waals surface area contributed by atoms with Gasteiger partial charge in [0.15, 0.2) is 0 Å². The van der Waals surface area contributed by atoms with Gasteiger partial charge in [-0.2, -0.15) is 0 Å². The molecule has 0 spiro atoms. The van der Waals surface area contributed by atoms with E-state index in [0.717, 1.165) is 36.8 Å². The first-order valence-electron chi connectivity index (χ1n) is 9.20. The van der Waals surface area contributed by atoms with Crippen LogP contribution in [-0.4, -0.2) is 26.3 Å². The average Bonchev–Trinajstić information content (AvgIpc) is 3.11. The Labute approximate surface area is 200 Å². The zero-order valence-electron chi connectivity index (χ0n) is 16.3. The SMILES string of the molecule is C[SH](C)(=O)c1cccc(-c2ccc(-n3cc(I)nc3-c3cccc(Cl)c3Cl)cc2)c1. The van der Waals surface area contributed by atoms with Gasteiger partial charge in [0, 0.05) is 22.3 Å². The summed E-state index contributed by atoms with van der Waals surface area (Å²) in [5, 5.41) is 0.984. The predicted molar refractivity (Wildman–Crippen MR) is 137 cm³/mol. The maximum atomic E-state index is 12.4. The maximum absolute atomic E-state index is 12.4. The van der Waals surface area contributed by atoms with Crippen molar-refractivity contribution in [3.8, 4) is 28.2 Å². The van der Waals surface area contributed by atoms with E-state index < -0.39 is 9.93 Å². The number of imidazole rings is 1. The highest BCUT2D eigenvalue weighted by molar-refractivity contribution is 14.1. The third-order valence-corrected chi connectivity index (χ3v) is 7.68. The quantitative estimate of drug-likeness (QED) is 0.218. The lowest BCUT2D eigenvalue weighted by molar-refractivity contribution is 0.678. The average molecular weight is 569 g/mol. The molecule has 0 amide bonds. The fraction of sp³-hybridized carbons (Fsp3) is 0.0870. The lowest BCUT2D eigenvalue weighted by Crippen LogP contribution is -2.06. The summed E-state index contributed by atoms with van der Waals surface area (Å²) in [6, 6.07) is 21.7. The van der Waals surface area contributed by atoms with Crippen molar-refractivity contribution in [3.05, 3.63) is 86.7 Å². The van der Waals surface area contributed by atoms with E-state index in [1.807, 2.05) is 59.3 Å². The summed E-state index contributed by atoms with van der Waals surface area (Å²) in [6.45, 7) is 0. The lowest BCUT2D eigenvalue weighted by atomic mass is 10.1. The largest absolute Gasteiger partial charge is 0.299 e. The minimum absolute atomic E-state index is 0.486. The van der Waals surface area contributed by atoms with Gasteiger partial charge in [-0.25, -0.2) is 4.98 Å². The summed E-state index contributed by atoms with van der Waals surface area (Å²) in [5.74, 6) is 0.736. The summed E-state index contributed by atoms with van der Waals surface area (Å²) in [5.41, 5.74) is 3.85. The van der Waals surface area contributed by atoms with Crippen LogP contribution in [0.1, 0.15) is 0 Å². The highest BCUT2D eigenvalue weighted by Crippen LogP contribution is 2.35. The van der Waals surface area contributed by atoms with Crippen LogP contribution in [-0.2, 0) is 9.93 Å². The van der Waals surface area contributed by atoms with Crippen molar-refractivity contribution in [1.82, 2.24) is 9.55 Å². The standard InChI is InChI=1S/C23H19Cl2IN2OS/c1-30(2,29)18-6-3-5-16(13-18)15-9-11-17(12-10-15)28-14-21(26)27-23(28)19-7-4-8-20(24)22(19)25/h3-14,30H,1-2H3. The third-order valence-electron chi connectivity index (χ3n) is 4.82. The number of benzene rings is 3. The molecule has 0 fully saturated rings. The molecule has 3 aromatic carbocycles. The van der Waals surface area contributed by atoms with Crippen LogP contribution in [0.2, 0.25) is 10.0 Å². The van der Waals surface area contributed by atoms with E-state index in [2.05, 4.69) is 39.7 Å². The zero-order chi connectivity index (χ0) is 21.5. The van der Waals surface area contributed by atoms with Crippen LogP contribution in [0, 0.1) is 3.70 Å². The molecule has 154 valence electrons. The van der Waals surface area contributed by atoms with Gasteiger partial charge < -0.3 is 0 Å². The number of nitrogens with zero attached hydrogens (tertiary/aromatic N) is 2.